The van der Waals surface area contributed by atoms with Gasteiger partial charge in [-0.05, 0) is 48.9 Å². The Bertz CT molecular complexity index is 1510. The molecule has 5 rings (SSSR count). The van der Waals surface area contributed by atoms with E-state index < -0.39 is 0 Å². The van der Waals surface area contributed by atoms with E-state index >= 15 is 0 Å². The van der Waals surface area contributed by atoms with Gasteiger partial charge in [-0.2, -0.15) is 0 Å². The number of aromatic nitrogens is 3. The number of oxazole rings is 1. The Morgan fingerprint density at radius 3 is 2.59 bits per heavy atom. The van der Waals surface area contributed by atoms with E-state index in [-0.39, 0.29) is 5.56 Å². The van der Waals surface area contributed by atoms with Crippen molar-refractivity contribution in [2.75, 3.05) is 7.11 Å². The molecule has 5 aromatic rings. The van der Waals surface area contributed by atoms with E-state index in [0.29, 0.717) is 34.2 Å². The lowest BCUT2D eigenvalue weighted by molar-refractivity contribution is 0.414. The van der Waals surface area contributed by atoms with Crippen LogP contribution in [0.4, 0.5) is 0 Å². The first kappa shape index (κ1) is 22.0. The summed E-state index contributed by atoms with van der Waals surface area (Å²) in [4.78, 5) is 22.9. The maximum atomic E-state index is 13.4. The van der Waals surface area contributed by atoms with Crippen molar-refractivity contribution in [3.8, 4) is 17.2 Å². The number of methoxy groups -OCH3 is 1. The molecule has 0 atom stereocenters. The van der Waals surface area contributed by atoms with E-state index in [1.165, 1.54) is 11.8 Å². The normalized spacial score (nSPS) is 11.1. The summed E-state index contributed by atoms with van der Waals surface area (Å²) in [6.07, 6.45) is 0. The van der Waals surface area contributed by atoms with Crippen LogP contribution in [0.5, 0.6) is 5.75 Å². The molecule has 0 fully saturated rings. The van der Waals surface area contributed by atoms with Crippen molar-refractivity contribution in [1.82, 2.24) is 14.5 Å². The van der Waals surface area contributed by atoms with Gasteiger partial charge in [-0.15, -0.1) is 0 Å². The van der Waals surface area contributed by atoms with Gasteiger partial charge < -0.3 is 9.15 Å². The lowest BCUT2D eigenvalue weighted by Gasteiger charge is -2.13. The molecule has 3 aromatic carbocycles. The van der Waals surface area contributed by atoms with Crippen LogP contribution in [0.3, 0.4) is 0 Å². The molecule has 0 bridgehead atoms. The minimum atomic E-state index is -0.0715. The number of benzene rings is 3. The van der Waals surface area contributed by atoms with E-state index in [1.807, 2.05) is 85.8 Å². The summed E-state index contributed by atoms with van der Waals surface area (Å²) in [7, 11) is 1.63. The third kappa shape index (κ3) is 4.47. The van der Waals surface area contributed by atoms with Crippen LogP contribution in [-0.2, 0) is 12.3 Å². The molecule has 0 N–H and O–H groups in total. The van der Waals surface area contributed by atoms with Gasteiger partial charge in [0.15, 0.2) is 5.16 Å². The summed E-state index contributed by atoms with van der Waals surface area (Å²) in [5.74, 6) is 2.63. The van der Waals surface area contributed by atoms with E-state index in [2.05, 4.69) is 0 Å². The number of para-hydroxylation sites is 1. The van der Waals surface area contributed by atoms with Crippen molar-refractivity contribution in [1.29, 1.82) is 0 Å². The molecule has 0 unspecified atom stereocenters. The summed E-state index contributed by atoms with van der Waals surface area (Å²) < 4.78 is 13.0. The lowest BCUT2D eigenvalue weighted by atomic mass is 10.2. The Morgan fingerprint density at radius 1 is 0.971 bits per heavy atom. The molecule has 7 heteroatoms. The molecule has 0 aliphatic heterocycles. The fourth-order valence-electron chi connectivity index (χ4n) is 3.75. The quantitative estimate of drug-likeness (QED) is 0.225. The highest BCUT2D eigenvalue weighted by atomic mass is 32.2. The van der Waals surface area contributed by atoms with E-state index in [0.717, 1.165) is 28.3 Å². The van der Waals surface area contributed by atoms with E-state index in [4.69, 9.17) is 19.1 Å². The standard InChI is InChI=1S/C27H23N3O3S/c1-18-24(28-25(33-18)20-10-4-3-5-11-20)17-34-27-29-23-14-7-6-13-22(23)26(31)30(27)16-19-9-8-12-21(15-19)32-2/h3-15H,16-17H2,1-2H3. The van der Waals surface area contributed by atoms with Crippen molar-refractivity contribution in [2.45, 2.75) is 24.4 Å². The fourth-order valence-corrected chi connectivity index (χ4v) is 4.75. The zero-order valence-corrected chi connectivity index (χ0v) is 19.7. The number of aryl methyl sites for hydroxylation is 1. The second-order valence-electron chi connectivity index (χ2n) is 7.83. The van der Waals surface area contributed by atoms with Gasteiger partial charge in [0.1, 0.15) is 11.5 Å². The van der Waals surface area contributed by atoms with Gasteiger partial charge in [-0.1, -0.05) is 54.2 Å². The Morgan fingerprint density at radius 2 is 1.76 bits per heavy atom. The third-order valence-corrected chi connectivity index (χ3v) is 6.54. The number of rotatable bonds is 7. The van der Waals surface area contributed by atoms with Crippen LogP contribution < -0.4 is 10.3 Å². The van der Waals surface area contributed by atoms with Gasteiger partial charge in [-0.3, -0.25) is 9.36 Å². The predicted molar refractivity (Wildman–Crippen MR) is 134 cm³/mol. The molecule has 0 radical (unpaired) electrons. The maximum Gasteiger partial charge on any atom is 0.262 e. The fraction of sp³-hybridized carbons (Fsp3) is 0.148. The monoisotopic (exact) mass is 469 g/mol. The molecule has 0 saturated carbocycles. The molecule has 0 saturated heterocycles. The first-order chi connectivity index (χ1) is 16.6. The molecule has 0 aliphatic rings. The highest BCUT2D eigenvalue weighted by Gasteiger charge is 2.16. The van der Waals surface area contributed by atoms with Crippen LogP contribution in [-0.4, -0.2) is 21.6 Å². The van der Waals surface area contributed by atoms with E-state index in [1.54, 1.807) is 11.7 Å². The van der Waals surface area contributed by atoms with Crippen molar-refractivity contribution >= 4 is 22.7 Å². The first-order valence-corrected chi connectivity index (χ1v) is 11.9. The highest BCUT2D eigenvalue weighted by molar-refractivity contribution is 7.98. The van der Waals surface area contributed by atoms with Gasteiger partial charge in [0.05, 0.1) is 30.3 Å². The SMILES string of the molecule is COc1cccc(Cn2c(SCc3nc(-c4ccccc4)oc3C)nc3ccccc3c2=O)c1. The van der Waals surface area contributed by atoms with Crippen LogP contribution >= 0.6 is 11.8 Å². The van der Waals surface area contributed by atoms with Gasteiger partial charge in [-0.25, -0.2) is 9.97 Å². The topological polar surface area (TPSA) is 70.2 Å². The van der Waals surface area contributed by atoms with Gasteiger partial charge in [0.2, 0.25) is 5.89 Å². The average molecular weight is 470 g/mol. The van der Waals surface area contributed by atoms with E-state index in [9.17, 15) is 4.79 Å². The number of hydrogen-bond acceptors (Lipinski definition) is 6. The summed E-state index contributed by atoms with van der Waals surface area (Å²) in [5, 5.41) is 1.23. The average Bonchev–Trinajstić information content (AvgIpc) is 3.26. The Balaban J connectivity index is 1.49. The Kier molecular flexibility index (Phi) is 6.18. The smallest absolute Gasteiger partial charge is 0.262 e. The molecule has 6 nitrogen and oxygen atoms in total. The van der Waals surface area contributed by atoms with Crippen molar-refractivity contribution in [2.24, 2.45) is 0 Å². The Labute approximate surface area is 201 Å². The lowest BCUT2D eigenvalue weighted by Crippen LogP contribution is -2.24. The molecule has 2 heterocycles. The molecule has 0 spiro atoms. The van der Waals surface area contributed by atoms with Crippen molar-refractivity contribution in [3.05, 3.63) is 106 Å². The highest BCUT2D eigenvalue weighted by Crippen LogP contribution is 2.27. The van der Waals surface area contributed by atoms with Crippen LogP contribution in [0.1, 0.15) is 17.0 Å². The summed E-state index contributed by atoms with van der Waals surface area (Å²) in [6, 6.07) is 25.0. The molecular formula is C27H23N3O3S. The zero-order valence-electron chi connectivity index (χ0n) is 18.9. The number of hydrogen-bond donors (Lipinski definition) is 0. The van der Waals surface area contributed by atoms with Gasteiger partial charge >= 0.3 is 0 Å². The number of fused-ring (bicyclic) bond motifs is 1. The number of ether oxygens (including phenoxy) is 1. The van der Waals surface area contributed by atoms with Crippen molar-refractivity contribution < 1.29 is 9.15 Å². The van der Waals surface area contributed by atoms with Gasteiger partial charge in [0.25, 0.3) is 5.56 Å². The minimum absolute atomic E-state index is 0.0715. The van der Waals surface area contributed by atoms with Crippen LogP contribution in [0.25, 0.3) is 22.4 Å². The largest absolute Gasteiger partial charge is 0.497 e. The third-order valence-electron chi connectivity index (χ3n) is 5.55. The van der Waals surface area contributed by atoms with Gasteiger partial charge in [0, 0.05) is 11.3 Å². The zero-order chi connectivity index (χ0) is 23.5. The Hall–Kier alpha value is -3.84. The summed E-state index contributed by atoms with van der Waals surface area (Å²) in [6.45, 7) is 2.30. The predicted octanol–water partition coefficient (Wildman–Crippen LogP) is 5.71. The molecule has 0 amide bonds. The minimum Gasteiger partial charge on any atom is -0.497 e. The molecule has 34 heavy (non-hydrogen) atoms. The molecule has 0 aliphatic carbocycles. The maximum absolute atomic E-state index is 13.4. The second kappa shape index (κ2) is 9.57. The van der Waals surface area contributed by atoms with Crippen LogP contribution in [0.15, 0.2) is 93.2 Å². The van der Waals surface area contributed by atoms with Crippen molar-refractivity contribution in [3.63, 3.8) is 0 Å². The second-order valence-corrected chi connectivity index (χ2v) is 8.77. The number of nitrogens with zero attached hydrogens (tertiary/aromatic N) is 3. The van der Waals surface area contributed by atoms with Crippen LogP contribution in [0.2, 0.25) is 0 Å². The number of thioether (sulfide) groups is 1. The summed E-state index contributed by atoms with van der Waals surface area (Å²) >= 11 is 1.48. The molecule has 2 aromatic heterocycles. The van der Waals surface area contributed by atoms with Crippen LogP contribution in [0, 0.1) is 6.92 Å². The molecular weight excluding hydrogens is 446 g/mol. The molecule has 170 valence electrons. The first-order valence-electron chi connectivity index (χ1n) is 10.9. The summed E-state index contributed by atoms with van der Waals surface area (Å²) in [5.41, 5.74) is 3.33.